The molecule has 24 heavy (non-hydrogen) atoms. The molecule has 0 atom stereocenters. The third-order valence-electron chi connectivity index (χ3n) is 3.18. The average Bonchev–Trinajstić information content (AvgIpc) is 3.20. The van der Waals surface area contributed by atoms with Gasteiger partial charge in [-0.05, 0) is 24.3 Å². The fourth-order valence-electron chi connectivity index (χ4n) is 2.10. The molecular formula is C18H14O6. The van der Waals surface area contributed by atoms with Crippen molar-refractivity contribution in [1.82, 2.24) is 0 Å². The number of esters is 1. The Bertz CT molecular complexity index is 801. The predicted octanol–water partition coefficient (Wildman–Crippen LogP) is 3.00. The third-order valence-corrected chi connectivity index (χ3v) is 3.18. The highest BCUT2D eigenvalue weighted by Crippen LogP contribution is 2.34. The molecule has 0 spiro atoms. The first-order valence-corrected chi connectivity index (χ1v) is 7.18. The molecule has 1 aliphatic rings. The molecule has 0 unspecified atom stereocenters. The van der Waals surface area contributed by atoms with Crippen molar-refractivity contribution < 1.29 is 28.2 Å². The van der Waals surface area contributed by atoms with Gasteiger partial charge in [0, 0.05) is 12.1 Å². The van der Waals surface area contributed by atoms with Crippen LogP contribution in [-0.2, 0) is 9.53 Å². The SMILES string of the molecule is C=CCOC(=O)COc1ccc2c(c1)OC(=Cc1ccco1)C2=O. The largest absolute Gasteiger partial charge is 0.482 e. The minimum atomic E-state index is -0.509. The van der Waals surface area contributed by atoms with E-state index in [4.69, 9.17) is 18.6 Å². The van der Waals surface area contributed by atoms with Gasteiger partial charge < -0.3 is 18.6 Å². The van der Waals surface area contributed by atoms with Gasteiger partial charge in [0.2, 0.25) is 5.78 Å². The molecule has 2 aromatic rings. The van der Waals surface area contributed by atoms with Crippen molar-refractivity contribution in [1.29, 1.82) is 0 Å². The second kappa shape index (κ2) is 6.87. The van der Waals surface area contributed by atoms with Gasteiger partial charge in [-0.3, -0.25) is 4.79 Å². The van der Waals surface area contributed by atoms with E-state index in [1.54, 1.807) is 30.3 Å². The number of benzene rings is 1. The van der Waals surface area contributed by atoms with Gasteiger partial charge >= 0.3 is 5.97 Å². The summed E-state index contributed by atoms with van der Waals surface area (Å²) in [7, 11) is 0. The van der Waals surface area contributed by atoms with E-state index < -0.39 is 5.97 Å². The normalized spacial score (nSPS) is 14.2. The van der Waals surface area contributed by atoms with Crippen LogP contribution in [0.5, 0.6) is 11.5 Å². The van der Waals surface area contributed by atoms with Gasteiger partial charge in [-0.2, -0.15) is 0 Å². The lowest BCUT2D eigenvalue weighted by Crippen LogP contribution is -2.14. The maximum atomic E-state index is 12.3. The number of carbonyl (C=O) groups is 2. The van der Waals surface area contributed by atoms with E-state index in [0.29, 0.717) is 22.8 Å². The molecule has 122 valence electrons. The van der Waals surface area contributed by atoms with Gasteiger partial charge in [0.15, 0.2) is 12.4 Å². The highest BCUT2D eigenvalue weighted by Gasteiger charge is 2.28. The van der Waals surface area contributed by atoms with Crippen LogP contribution in [0.3, 0.4) is 0 Å². The molecule has 1 aromatic heterocycles. The molecule has 0 N–H and O–H groups in total. The summed E-state index contributed by atoms with van der Waals surface area (Å²) in [6.45, 7) is 3.34. The second-order valence-corrected chi connectivity index (χ2v) is 4.87. The molecule has 3 rings (SSSR count). The van der Waals surface area contributed by atoms with Crippen LogP contribution in [-0.4, -0.2) is 25.0 Å². The molecule has 0 radical (unpaired) electrons. The molecular weight excluding hydrogens is 312 g/mol. The molecule has 0 amide bonds. The number of rotatable bonds is 6. The summed E-state index contributed by atoms with van der Waals surface area (Å²) in [5.41, 5.74) is 0.425. The predicted molar refractivity (Wildman–Crippen MR) is 84.7 cm³/mol. The van der Waals surface area contributed by atoms with E-state index in [2.05, 4.69) is 6.58 Å². The summed E-state index contributed by atoms with van der Waals surface area (Å²) in [6, 6.07) is 8.17. The molecule has 0 aliphatic carbocycles. The molecule has 2 heterocycles. The Morgan fingerprint density at radius 2 is 2.17 bits per heavy atom. The van der Waals surface area contributed by atoms with Gasteiger partial charge in [-0.25, -0.2) is 4.79 Å². The summed E-state index contributed by atoms with van der Waals surface area (Å²) in [5.74, 6) is 0.713. The number of ether oxygens (including phenoxy) is 3. The lowest BCUT2D eigenvalue weighted by atomic mass is 10.1. The van der Waals surface area contributed by atoms with Crippen LogP contribution in [0.2, 0.25) is 0 Å². The van der Waals surface area contributed by atoms with Crippen LogP contribution < -0.4 is 9.47 Å². The first-order valence-electron chi connectivity index (χ1n) is 7.18. The second-order valence-electron chi connectivity index (χ2n) is 4.87. The average molecular weight is 326 g/mol. The molecule has 0 saturated carbocycles. The van der Waals surface area contributed by atoms with Gasteiger partial charge in [0.05, 0.1) is 11.8 Å². The van der Waals surface area contributed by atoms with Crippen LogP contribution >= 0.6 is 0 Å². The number of furan rings is 1. The zero-order valence-electron chi connectivity index (χ0n) is 12.7. The summed E-state index contributed by atoms with van der Waals surface area (Å²) in [6.07, 6.45) is 4.51. The van der Waals surface area contributed by atoms with E-state index in [1.165, 1.54) is 18.4 Å². The first-order chi connectivity index (χ1) is 11.7. The maximum Gasteiger partial charge on any atom is 0.344 e. The third kappa shape index (κ3) is 3.38. The molecule has 1 aromatic carbocycles. The Hall–Kier alpha value is -3.28. The smallest absolute Gasteiger partial charge is 0.344 e. The summed E-state index contributed by atoms with van der Waals surface area (Å²) >= 11 is 0. The summed E-state index contributed by atoms with van der Waals surface area (Å²) < 4.78 is 20.9. The van der Waals surface area contributed by atoms with Crippen LogP contribution in [0.1, 0.15) is 16.1 Å². The van der Waals surface area contributed by atoms with Crippen molar-refractivity contribution in [2.75, 3.05) is 13.2 Å². The maximum absolute atomic E-state index is 12.3. The lowest BCUT2D eigenvalue weighted by molar-refractivity contribution is -0.144. The highest BCUT2D eigenvalue weighted by atomic mass is 16.6. The molecule has 6 heteroatoms. The number of hydrogen-bond acceptors (Lipinski definition) is 6. The Morgan fingerprint density at radius 3 is 2.92 bits per heavy atom. The van der Waals surface area contributed by atoms with Crippen LogP contribution in [0, 0.1) is 0 Å². The Morgan fingerprint density at radius 1 is 1.29 bits per heavy atom. The number of ketones is 1. The Kier molecular flexibility index (Phi) is 4.47. The number of fused-ring (bicyclic) bond motifs is 1. The van der Waals surface area contributed by atoms with E-state index in [9.17, 15) is 9.59 Å². The zero-order valence-corrected chi connectivity index (χ0v) is 12.7. The lowest BCUT2D eigenvalue weighted by Gasteiger charge is -2.06. The van der Waals surface area contributed by atoms with Crippen LogP contribution in [0.25, 0.3) is 6.08 Å². The Balaban J connectivity index is 1.69. The molecule has 1 aliphatic heterocycles. The highest BCUT2D eigenvalue weighted by molar-refractivity contribution is 6.14. The van der Waals surface area contributed by atoms with Crippen molar-refractivity contribution in [3.63, 3.8) is 0 Å². The number of Topliss-reactive ketones (excluding diaryl/α,β-unsaturated/α-hetero) is 1. The summed E-state index contributed by atoms with van der Waals surface area (Å²) in [4.78, 5) is 23.7. The minimum Gasteiger partial charge on any atom is -0.482 e. The Labute approximate surface area is 137 Å². The van der Waals surface area contributed by atoms with E-state index in [1.807, 2.05) is 0 Å². The van der Waals surface area contributed by atoms with Crippen molar-refractivity contribution >= 4 is 17.8 Å². The number of hydrogen-bond donors (Lipinski definition) is 0. The standard InChI is InChI=1S/C18H14O6/c1-2-7-22-17(19)11-23-13-5-6-14-15(9-13)24-16(18(14)20)10-12-4-3-8-21-12/h2-6,8-10H,1,7,11H2. The summed E-state index contributed by atoms with van der Waals surface area (Å²) in [5, 5.41) is 0. The molecule has 6 nitrogen and oxygen atoms in total. The van der Waals surface area contributed by atoms with Crippen LogP contribution in [0.15, 0.2) is 59.4 Å². The minimum absolute atomic E-state index is 0.130. The molecule has 0 saturated heterocycles. The van der Waals surface area contributed by atoms with E-state index >= 15 is 0 Å². The fourth-order valence-corrected chi connectivity index (χ4v) is 2.10. The molecule has 0 fully saturated rings. The van der Waals surface area contributed by atoms with Gasteiger partial charge in [-0.1, -0.05) is 12.7 Å². The van der Waals surface area contributed by atoms with Crippen molar-refractivity contribution in [3.8, 4) is 11.5 Å². The van der Waals surface area contributed by atoms with Crippen molar-refractivity contribution in [2.24, 2.45) is 0 Å². The quantitative estimate of drug-likeness (QED) is 0.461. The van der Waals surface area contributed by atoms with Gasteiger partial charge in [0.1, 0.15) is 23.9 Å². The van der Waals surface area contributed by atoms with E-state index in [-0.39, 0.29) is 24.8 Å². The van der Waals surface area contributed by atoms with E-state index in [0.717, 1.165) is 0 Å². The van der Waals surface area contributed by atoms with Crippen molar-refractivity contribution in [3.05, 3.63) is 66.3 Å². The molecule has 0 bridgehead atoms. The van der Waals surface area contributed by atoms with Gasteiger partial charge in [-0.15, -0.1) is 0 Å². The van der Waals surface area contributed by atoms with Gasteiger partial charge in [0.25, 0.3) is 0 Å². The number of allylic oxidation sites excluding steroid dienone is 1. The number of carbonyl (C=O) groups excluding carboxylic acids is 2. The monoisotopic (exact) mass is 326 g/mol. The zero-order chi connectivity index (χ0) is 16.9. The first kappa shape index (κ1) is 15.6. The topological polar surface area (TPSA) is 75.0 Å². The van der Waals surface area contributed by atoms with Crippen LogP contribution in [0.4, 0.5) is 0 Å². The van der Waals surface area contributed by atoms with Crippen molar-refractivity contribution in [2.45, 2.75) is 0 Å². The fraction of sp³-hybridized carbons (Fsp3) is 0.111.